The first-order valence-corrected chi connectivity index (χ1v) is 10.4. The Balaban J connectivity index is 1.52. The van der Waals surface area contributed by atoms with Crippen LogP contribution in [0.5, 0.6) is 11.5 Å². The van der Waals surface area contributed by atoms with Crippen LogP contribution in [0.25, 0.3) is 5.70 Å². The Morgan fingerprint density at radius 3 is 2.67 bits per heavy atom. The maximum atomic E-state index is 11.8. The smallest absolute Gasteiger partial charge is 0.342 e. The van der Waals surface area contributed by atoms with Gasteiger partial charge in [-0.25, -0.2) is 4.79 Å². The number of unbranched alkanes of at least 4 members (excludes halogenated alkanes) is 2. The summed E-state index contributed by atoms with van der Waals surface area (Å²) in [5, 5.41) is 0. The molecule has 0 saturated carbocycles. The van der Waals surface area contributed by atoms with E-state index >= 15 is 0 Å². The van der Waals surface area contributed by atoms with Gasteiger partial charge in [-0.15, -0.1) is 0 Å². The summed E-state index contributed by atoms with van der Waals surface area (Å²) >= 11 is 0. The Morgan fingerprint density at radius 1 is 1.07 bits per heavy atom. The lowest BCUT2D eigenvalue weighted by atomic mass is 10.1. The summed E-state index contributed by atoms with van der Waals surface area (Å²) in [6.45, 7) is 2.69. The summed E-state index contributed by atoms with van der Waals surface area (Å²) < 4.78 is 16.4. The molecular weight excluding hydrogens is 382 g/mol. The van der Waals surface area contributed by atoms with E-state index in [1.165, 1.54) is 5.56 Å². The number of hydrogen-bond donors (Lipinski definition) is 1. The van der Waals surface area contributed by atoms with Gasteiger partial charge in [-0.3, -0.25) is 10.3 Å². The molecule has 0 saturated heterocycles. The highest BCUT2D eigenvalue weighted by Gasteiger charge is 2.26. The predicted molar refractivity (Wildman–Crippen MR) is 115 cm³/mol. The Hall–Kier alpha value is -2.99. The van der Waals surface area contributed by atoms with Crippen LogP contribution < -0.4 is 15.0 Å². The number of nitrogens with one attached hydrogen (secondary N) is 1. The van der Waals surface area contributed by atoms with Crippen molar-refractivity contribution < 1.29 is 23.8 Å². The van der Waals surface area contributed by atoms with Gasteiger partial charge in [0.15, 0.2) is 11.5 Å². The maximum Gasteiger partial charge on any atom is 0.342 e. The van der Waals surface area contributed by atoms with Crippen molar-refractivity contribution >= 4 is 11.7 Å². The zero-order valence-electron chi connectivity index (χ0n) is 17.6. The number of rotatable bonds is 11. The minimum atomic E-state index is -0.754. The van der Waals surface area contributed by atoms with Crippen LogP contribution in [0.3, 0.4) is 0 Å². The van der Waals surface area contributed by atoms with Gasteiger partial charge in [0.2, 0.25) is 6.10 Å². The lowest BCUT2D eigenvalue weighted by molar-refractivity contribution is -0.154. The molecule has 1 unspecified atom stereocenters. The molecule has 3 rings (SSSR count). The van der Waals surface area contributed by atoms with Crippen molar-refractivity contribution in [1.29, 1.82) is 0 Å². The van der Waals surface area contributed by atoms with Crippen molar-refractivity contribution in [2.24, 2.45) is 0 Å². The summed E-state index contributed by atoms with van der Waals surface area (Å²) in [5.41, 5.74) is 5.71. The molecule has 0 aromatic heterocycles. The minimum Gasteiger partial charge on any atom is -0.493 e. The number of carbonyl (C=O) groups is 1. The number of esters is 1. The van der Waals surface area contributed by atoms with Crippen molar-refractivity contribution in [3.63, 3.8) is 0 Å². The first kappa shape index (κ1) is 21.7. The van der Waals surface area contributed by atoms with E-state index in [0.29, 0.717) is 30.4 Å². The van der Waals surface area contributed by atoms with E-state index in [9.17, 15) is 4.79 Å². The number of hydrogen-bond acceptors (Lipinski definition) is 6. The fourth-order valence-electron chi connectivity index (χ4n) is 3.23. The molecular formula is C24H29NO5. The fraction of sp³-hybridized carbons (Fsp3) is 0.375. The van der Waals surface area contributed by atoms with Gasteiger partial charge in [-0.05, 0) is 62.4 Å². The normalized spacial score (nSPS) is 15.3. The number of ether oxygens (including phenoxy) is 3. The van der Waals surface area contributed by atoms with Crippen LogP contribution in [-0.4, -0.2) is 32.4 Å². The van der Waals surface area contributed by atoms with Crippen LogP contribution in [0.4, 0.5) is 0 Å². The zero-order valence-corrected chi connectivity index (χ0v) is 17.6. The molecule has 1 heterocycles. The van der Waals surface area contributed by atoms with Gasteiger partial charge >= 0.3 is 5.97 Å². The van der Waals surface area contributed by atoms with E-state index in [4.69, 9.17) is 19.0 Å². The molecule has 30 heavy (non-hydrogen) atoms. The zero-order chi connectivity index (χ0) is 21.2. The van der Waals surface area contributed by atoms with E-state index in [0.717, 1.165) is 31.2 Å². The monoisotopic (exact) mass is 411 g/mol. The molecule has 1 atom stereocenters. The molecule has 0 fully saturated rings. The maximum absolute atomic E-state index is 11.8. The number of aryl methyl sites for hydroxylation is 1. The van der Waals surface area contributed by atoms with E-state index in [1.807, 2.05) is 24.3 Å². The van der Waals surface area contributed by atoms with E-state index < -0.39 is 12.1 Å². The molecule has 0 radical (unpaired) electrons. The number of carbonyl (C=O) groups excluding carboxylic acids is 1. The van der Waals surface area contributed by atoms with Crippen LogP contribution in [0, 0.1) is 0 Å². The topological polar surface area (TPSA) is 66.0 Å². The minimum absolute atomic E-state index is 0.313. The molecule has 0 spiro atoms. The quantitative estimate of drug-likeness (QED) is 0.439. The van der Waals surface area contributed by atoms with Gasteiger partial charge in [0.05, 0.1) is 26.0 Å². The van der Waals surface area contributed by atoms with E-state index in [2.05, 4.69) is 29.7 Å². The predicted octanol–water partition coefficient (Wildman–Crippen LogP) is 4.29. The van der Waals surface area contributed by atoms with Crippen molar-refractivity contribution in [3.05, 3.63) is 65.7 Å². The highest BCUT2D eigenvalue weighted by Crippen LogP contribution is 2.31. The van der Waals surface area contributed by atoms with Crippen molar-refractivity contribution in [2.75, 3.05) is 20.3 Å². The molecule has 1 aliphatic rings. The van der Waals surface area contributed by atoms with Crippen molar-refractivity contribution in [2.45, 2.75) is 38.7 Å². The van der Waals surface area contributed by atoms with E-state index in [-0.39, 0.29) is 0 Å². The molecule has 2 aromatic carbocycles. The molecule has 0 aliphatic carbocycles. The Bertz CT molecular complexity index is 850. The average molecular weight is 411 g/mol. The van der Waals surface area contributed by atoms with Crippen LogP contribution in [-0.2, 0) is 20.8 Å². The molecule has 6 nitrogen and oxygen atoms in total. The fourth-order valence-corrected chi connectivity index (χ4v) is 3.23. The average Bonchev–Trinajstić information content (AvgIpc) is 3.27. The SMILES string of the molecule is CCOC(=O)C1C=C(c2ccc(OC)c(OCCCCCc3ccccc3)c2)NO1. The van der Waals surface area contributed by atoms with Gasteiger partial charge < -0.3 is 14.2 Å². The molecule has 2 aromatic rings. The lowest BCUT2D eigenvalue weighted by Crippen LogP contribution is -2.24. The lowest BCUT2D eigenvalue weighted by Gasteiger charge is -2.13. The summed E-state index contributed by atoms with van der Waals surface area (Å²) in [6, 6.07) is 16.1. The number of hydroxylamine groups is 1. The van der Waals surface area contributed by atoms with Gasteiger partial charge in [0, 0.05) is 5.56 Å². The molecule has 160 valence electrons. The third kappa shape index (κ3) is 6.00. The third-order valence-corrected chi connectivity index (χ3v) is 4.82. The first-order valence-electron chi connectivity index (χ1n) is 10.4. The molecule has 0 bridgehead atoms. The standard InChI is InChI=1S/C24H29NO5/c1-3-28-24(26)23-17-20(25-30-23)19-13-14-21(27-2)22(16-19)29-15-9-5-8-12-18-10-6-4-7-11-18/h4,6-7,10-11,13-14,16-17,23,25H,3,5,8-9,12,15H2,1-2H3. The third-order valence-electron chi connectivity index (χ3n) is 4.82. The second kappa shape index (κ2) is 11.3. The number of benzene rings is 2. The Labute approximate surface area is 177 Å². The molecule has 0 amide bonds. The van der Waals surface area contributed by atoms with Crippen molar-refractivity contribution in [1.82, 2.24) is 5.48 Å². The molecule has 1 aliphatic heterocycles. The second-order valence-corrected chi connectivity index (χ2v) is 6.98. The van der Waals surface area contributed by atoms with Gasteiger partial charge in [0.1, 0.15) is 0 Å². The van der Waals surface area contributed by atoms with Gasteiger partial charge in [-0.2, -0.15) is 0 Å². The highest BCUT2D eigenvalue weighted by atomic mass is 16.7. The van der Waals surface area contributed by atoms with Gasteiger partial charge in [-0.1, -0.05) is 30.3 Å². The van der Waals surface area contributed by atoms with Crippen LogP contribution in [0.2, 0.25) is 0 Å². The van der Waals surface area contributed by atoms with Gasteiger partial charge in [0.25, 0.3) is 0 Å². The second-order valence-electron chi connectivity index (χ2n) is 6.98. The first-order chi connectivity index (χ1) is 14.7. The van der Waals surface area contributed by atoms with Crippen LogP contribution in [0.1, 0.15) is 37.3 Å². The molecule has 6 heteroatoms. The largest absolute Gasteiger partial charge is 0.493 e. The number of methoxy groups -OCH3 is 1. The summed E-state index contributed by atoms with van der Waals surface area (Å²) in [7, 11) is 1.62. The highest BCUT2D eigenvalue weighted by molar-refractivity contribution is 5.82. The Kier molecular flexibility index (Phi) is 8.15. The summed E-state index contributed by atoms with van der Waals surface area (Å²) in [6.07, 6.45) is 5.23. The van der Waals surface area contributed by atoms with Crippen molar-refractivity contribution in [3.8, 4) is 11.5 Å². The summed E-state index contributed by atoms with van der Waals surface area (Å²) in [5.74, 6) is 0.922. The van der Waals surface area contributed by atoms with Crippen LogP contribution >= 0.6 is 0 Å². The summed E-state index contributed by atoms with van der Waals surface area (Å²) in [4.78, 5) is 17.1. The molecule has 1 N–H and O–H groups in total. The van der Waals surface area contributed by atoms with Crippen LogP contribution in [0.15, 0.2) is 54.6 Å². The Morgan fingerprint density at radius 2 is 1.90 bits per heavy atom. The van der Waals surface area contributed by atoms with E-state index in [1.54, 1.807) is 20.1 Å².